The molecule has 210 valence electrons. The predicted molar refractivity (Wildman–Crippen MR) is 147 cm³/mol. The fourth-order valence-corrected chi connectivity index (χ4v) is 1.50. The Labute approximate surface area is 218 Å². The predicted octanol–water partition coefficient (Wildman–Crippen LogP) is 7.43. The molecule has 0 saturated carbocycles. The topological polar surface area (TPSA) is 55.4 Å². The fraction of sp³-hybridized carbons (Fsp3) is 1.00. The molecule has 0 rings (SSSR count). The lowest BCUT2D eigenvalue weighted by molar-refractivity contribution is 0.0859. The molecule has 0 aromatic carbocycles. The summed E-state index contributed by atoms with van der Waals surface area (Å²) in [5.41, 5.74) is 0. The highest BCUT2D eigenvalue weighted by atomic mass is 35.5. The van der Waals surface area contributed by atoms with Crippen molar-refractivity contribution in [1.29, 1.82) is 0 Å². The first-order chi connectivity index (χ1) is 15.8. The van der Waals surface area contributed by atoms with Crippen molar-refractivity contribution in [2.45, 2.75) is 94.0 Å². The molecule has 0 aliphatic rings. The summed E-state index contributed by atoms with van der Waals surface area (Å²) in [5, 5.41) is 0. The number of ether oxygens (including phenoxy) is 6. The third-order valence-corrected chi connectivity index (χ3v) is 3.54. The maximum absolute atomic E-state index is 5.45. The summed E-state index contributed by atoms with van der Waals surface area (Å²) >= 11 is 10.9. The molecule has 0 bridgehead atoms. The molecule has 0 spiro atoms. The Balaban J connectivity index is -0.0000000671. The Morgan fingerprint density at radius 3 is 0.606 bits per heavy atom. The minimum Gasteiger partial charge on any atom is -0.382 e. The lowest BCUT2D eigenvalue weighted by Crippen LogP contribution is -2.15. The molecule has 0 amide bonds. The lowest BCUT2D eigenvalue weighted by Gasteiger charge is -2.10. The van der Waals surface area contributed by atoms with E-state index in [4.69, 9.17) is 51.6 Å². The van der Waals surface area contributed by atoms with Gasteiger partial charge in [-0.25, -0.2) is 0 Å². The van der Waals surface area contributed by atoms with Gasteiger partial charge in [0, 0.05) is 72.7 Å². The average Bonchev–Trinajstić information content (AvgIpc) is 2.79. The van der Waals surface area contributed by atoms with Crippen LogP contribution >= 0.6 is 23.2 Å². The summed E-state index contributed by atoms with van der Waals surface area (Å²) in [6, 6.07) is 0. The standard InChI is InChI=1S/C5H10Cl2O.5C4H10O/c1-3-8-4(2)5(6)7;5*1-3-5-4-2/h4-5H,3H2,1-2H3;5*3-4H2,1-2H3. The molecule has 6 nitrogen and oxygen atoms in total. The Morgan fingerprint density at radius 2 is 0.576 bits per heavy atom. The second kappa shape index (κ2) is 58.3. The maximum atomic E-state index is 5.45. The highest BCUT2D eigenvalue weighted by Crippen LogP contribution is 2.09. The highest BCUT2D eigenvalue weighted by Gasteiger charge is 2.08. The van der Waals surface area contributed by atoms with E-state index >= 15 is 0 Å². The maximum Gasteiger partial charge on any atom is 0.133 e. The Kier molecular flexibility index (Phi) is 82.4. The monoisotopic (exact) mass is 526 g/mol. The van der Waals surface area contributed by atoms with Crippen LogP contribution in [-0.2, 0) is 28.4 Å². The van der Waals surface area contributed by atoms with Gasteiger partial charge in [0.1, 0.15) is 4.84 Å². The van der Waals surface area contributed by atoms with Crippen molar-refractivity contribution < 1.29 is 28.4 Å². The second-order valence-corrected chi connectivity index (χ2v) is 6.57. The van der Waals surface area contributed by atoms with Crippen molar-refractivity contribution in [3.05, 3.63) is 0 Å². The highest BCUT2D eigenvalue weighted by molar-refractivity contribution is 6.44. The molecule has 0 radical (unpaired) electrons. The number of hydrogen-bond acceptors (Lipinski definition) is 6. The van der Waals surface area contributed by atoms with E-state index < -0.39 is 4.84 Å². The van der Waals surface area contributed by atoms with Crippen LogP contribution in [0.15, 0.2) is 0 Å². The Morgan fingerprint density at radius 1 is 0.394 bits per heavy atom. The molecule has 8 heteroatoms. The molecule has 0 aliphatic carbocycles. The van der Waals surface area contributed by atoms with Crippen LogP contribution in [0.2, 0.25) is 0 Å². The number of halogens is 2. The first-order valence-corrected chi connectivity index (χ1v) is 13.4. The lowest BCUT2D eigenvalue weighted by atomic mass is 10.5. The van der Waals surface area contributed by atoms with Gasteiger partial charge < -0.3 is 28.4 Å². The van der Waals surface area contributed by atoms with E-state index in [1.54, 1.807) is 0 Å². The molecule has 0 aliphatic heterocycles. The van der Waals surface area contributed by atoms with Crippen molar-refractivity contribution in [3.63, 3.8) is 0 Å². The third kappa shape index (κ3) is 99.0. The quantitative estimate of drug-likeness (QED) is 0.232. The molecule has 0 aromatic rings. The van der Waals surface area contributed by atoms with E-state index in [0.29, 0.717) is 6.61 Å². The molecule has 0 N–H and O–H groups in total. The molecule has 0 heterocycles. The fourth-order valence-electron chi connectivity index (χ4n) is 1.36. The zero-order chi connectivity index (χ0) is 27.2. The average molecular weight is 528 g/mol. The van der Waals surface area contributed by atoms with E-state index in [0.717, 1.165) is 66.1 Å². The molecule has 0 fully saturated rings. The number of hydrogen-bond donors (Lipinski definition) is 0. The van der Waals surface area contributed by atoms with E-state index in [2.05, 4.69) is 0 Å². The zero-order valence-corrected chi connectivity index (χ0v) is 25.7. The van der Waals surface area contributed by atoms with Gasteiger partial charge in [0.05, 0.1) is 6.10 Å². The van der Waals surface area contributed by atoms with Crippen LogP contribution in [0.5, 0.6) is 0 Å². The van der Waals surface area contributed by atoms with Crippen molar-refractivity contribution in [2.24, 2.45) is 0 Å². The van der Waals surface area contributed by atoms with E-state index in [1.165, 1.54) is 0 Å². The third-order valence-electron chi connectivity index (χ3n) is 2.83. The van der Waals surface area contributed by atoms with Crippen LogP contribution in [0.3, 0.4) is 0 Å². The second-order valence-electron chi connectivity index (χ2n) is 5.40. The summed E-state index contributed by atoms with van der Waals surface area (Å²) in [7, 11) is 0. The summed E-state index contributed by atoms with van der Waals surface area (Å²) in [5.74, 6) is 0. The van der Waals surface area contributed by atoms with Crippen molar-refractivity contribution in [2.75, 3.05) is 72.7 Å². The molecular formula is C25H60Cl2O6. The van der Waals surface area contributed by atoms with Gasteiger partial charge in [0.15, 0.2) is 0 Å². The van der Waals surface area contributed by atoms with Crippen molar-refractivity contribution in [1.82, 2.24) is 0 Å². The number of rotatable bonds is 13. The van der Waals surface area contributed by atoms with Crippen LogP contribution in [0.1, 0.15) is 83.1 Å². The largest absolute Gasteiger partial charge is 0.382 e. The van der Waals surface area contributed by atoms with Crippen LogP contribution in [0, 0.1) is 0 Å². The minimum absolute atomic E-state index is 0.0525. The van der Waals surface area contributed by atoms with Gasteiger partial charge in [-0.1, -0.05) is 0 Å². The van der Waals surface area contributed by atoms with Gasteiger partial charge >= 0.3 is 0 Å². The molecule has 33 heavy (non-hydrogen) atoms. The van der Waals surface area contributed by atoms with Gasteiger partial charge in [-0.05, 0) is 83.1 Å². The Bertz CT molecular complexity index is 194. The first-order valence-electron chi connectivity index (χ1n) is 12.5. The van der Waals surface area contributed by atoms with Gasteiger partial charge in [0.25, 0.3) is 0 Å². The van der Waals surface area contributed by atoms with Crippen molar-refractivity contribution >= 4 is 23.2 Å². The summed E-state index contributed by atoms with van der Waals surface area (Å²) in [6.45, 7) is 32.7. The normalized spacial score (nSPS) is 9.91. The van der Waals surface area contributed by atoms with Gasteiger partial charge in [-0.3, -0.25) is 0 Å². The van der Waals surface area contributed by atoms with E-state index in [9.17, 15) is 0 Å². The molecule has 0 saturated heterocycles. The molecule has 0 aromatic heterocycles. The first kappa shape index (κ1) is 46.6. The van der Waals surface area contributed by atoms with E-state index in [-0.39, 0.29) is 6.10 Å². The number of alkyl halides is 2. The van der Waals surface area contributed by atoms with Gasteiger partial charge in [0.2, 0.25) is 0 Å². The van der Waals surface area contributed by atoms with Gasteiger partial charge in [-0.15, -0.1) is 23.2 Å². The Hall–Kier alpha value is 0.340. The van der Waals surface area contributed by atoms with Crippen LogP contribution in [0.25, 0.3) is 0 Å². The van der Waals surface area contributed by atoms with E-state index in [1.807, 2.05) is 83.1 Å². The van der Waals surface area contributed by atoms with Crippen LogP contribution in [-0.4, -0.2) is 83.6 Å². The molecule has 1 unspecified atom stereocenters. The summed E-state index contributed by atoms with van der Waals surface area (Å²) in [4.78, 5) is -0.407. The SMILES string of the molecule is CCOC(C)C(Cl)Cl.CCOCC.CCOCC.CCOCC.CCOCC.CCOCC. The summed E-state index contributed by atoms with van der Waals surface area (Å²) in [6.07, 6.45) is -0.0525. The van der Waals surface area contributed by atoms with Crippen LogP contribution < -0.4 is 0 Å². The molecular weight excluding hydrogens is 467 g/mol. The van der Waals surface area contributed by atoms with Crippen molar-refractivity contribution in [3.8, 4) is 0 Å². The smallest absolute Gasteiger partial charge is 0.133 e. The van der Waals surface area contributed by atoms with Gasteiger partial charge in [-0.2, -0.15) is 0 Å². The van der Waals surface area contributed by atoms with Crippen LogP contribution in [0.4, 0.5) is 0 Å². The molecule has 1 atom stereocenters. The summed E-state index contributed by atoms with van der Waals surface area (Å²) < 4.78 is 29.2. The zero-order valence-electron chi connectivity index (χ0n) is 24.1. The minimum atomic E-state index is -0.407.